The van der Waals surface area contributed by atoms with E-state index >= 15 is 0 Å². The second kappa shape index (κ2) is 8.48. The number of ether oxygens (including phenoxy) is 1. The Hall–Kier alpha value is -0.610. The summed E-state index contributed by atoms with van der Waals surface area (Å²) in [6.07, 6.45) is 3.12. The molecule has 106 valence electrons. The molecule has 0 saturated carbocycles. The second-order valence-electron chi connectivity index (χ2n) is 5.36. The van der Waals surface area contributed by atoms with Crippen LogP contribution in [-0.4, -0.2) is 62.1 Å². The Labute approximate surface area is 111 Å². The first-order valence-corrected chi connectivity index (χ1v) is 7.17. The van der Waals surface area contributed by atoms with E-state index in [2.05, 4.69) is 28.4 Å². The minimum Gasteiger partial charge on any atom is -0.469 e. The van der Waals surface area contributed by atoms with Crippen molar-refractivity contribution >= 4 is 5.97 Å². The van der Waals surface area contributed by atoms with Crippen molar-refractivity contribution in [2.24, 2.45) is 5.92 Å². The molecular formula is C14H28N2O2. The van der Waals surface area contributed by atoms with Gasteiger partial charge >= 0.3 is 5.97 Å². The summed E-state index contributed by atoms with van der Waals surface area (Å²) in [5.74, 6) is 0.700. The number of hydrogen-bond acceptors (Lipinski definition) is 4. The smallest absolute Gasteiger partial charge is 0.306 e. The minimum atomic E-state index is -0.103. The molecule has 1 saturated heterocycles. The SMILES string of the molecule is CCCC(C)CN1CCN(CCC(=O)OC)CC1. The lowest BCUT2D eigenvalue weighted by Gasteiger charge is -2.35. The van der Waals surface area contributed by atoms with E-state index in [-0.39, 0.29) is 5.97 Å². The van der Waals surface area contributed by atoms with Crippen LogP contribution in [-0.2, 0) is 9.53 Å². The Balaban J connectivity index is 2.14. The zero-order chi connectivity index (χ0) is 13.4. The van der Waals surface area contributed by atoms with Crippen molar-refractivity contribution in [2.45, 2.75) is 33.1 Å². The van der Waals surface area contributed by atoms with Gasteiger partial charge in [0, 0.05) is 39.3 Å². The average Bonchev–Trinajstić information content (AvgIpc) is 2.37. The van der Waals surface area contributed by atoms with Crippen molar-refractivity contribution in [3.8, 4) is 0 Å². The first-order valence-electron chi connectivity index (χ1n) is 7.17. The highest BCUT2D eigenvalue weighted by molar-refractivity contribution is 5.69. The summed E-state index contributed by atoms with van der Waals surface area (Å²) in [5.41, 5.74) is 0. The Bertz CT molecular complexity index is 238. The average molecular weight is 256 g/mol. The molecule has 1 atom stereocenters. The fourth-order valence-electron chi connectivity index (χ4n) is 2.57. The Morgan fingerprint density at radius 3 is 2.39 bits per heavy atom. The van der Waals surface area contributed by atoms with E-state index in [0.717, 1.165) is 38.6 Å². The van der Waals surface area contributed by atoms with Crippen molar-refractivity contribution in [1.82, 2.24) is 9.80 Å². The maximum atomic E-state index is 11.1. The zero-order valence-electron chi connectivity index (χ0n) is 12.2. The lowest BCUT2D eigenvalue weighted by Crippen LogP contribution is -2.47. The number of methoxy groups -OCH3 is 1. The Morgan fingerprint density at radius 1 is 1.22 bits per heavy atom. The van der Waals surface area contributed by atoms with Gasteiger partial charge in [0.1, 0.15) is 0 Å². The van der Waals surface area contributed by atoms with E-state index in [9.17, 15) is 4.79 Å². The lowest BCUT2D eigenvalue weighted by molar-refractivity contribution is -0.141. The second-order valence-corrected chi connectivity index (χ2v) is 5.36. The fraction of sp³-hybridized carbons (Fsp3) is 0.929. The molecule has 1 aliphatic rings. The molecule has 1 aliphatic heterocycles. The highest BCUT2D eigenvalue weighted by Gasteiger charge is 2.18. The summed E-state index contributed by atoms with van der Waals surface area (Å²) >= 11 is 0. The van der Waals surface area contributed by atoms with Gasteiger partial charge in [0.15, 0.2) is 0 Å². The summed E-state index contributed by atoms with van der Waals surface area (Å²) < 4.78 is 4.67. The van der Waals surface area contributed by atoms with E-state index in [1.807, 2.05) is 0 Å². The summed E-state index contributed by atoms with van der Waals surface area (Å²) in [7, 11) is 1.45. The van der Waals surface area contributed by atoms with Gasteiger partial charge in [-0.3, -0.25) is 4.79 Å². The van der Waals surface area contributed by atoms with Crippen LogP contribution in [0.5, 0.6) is 0 Å². The van der Waals surface area contributed by atoms with Gasteiger partial charge < -0.3 is 14.5 Å². The largest absolute Gasteiger partial charge is 0.469 e. The third kappa shape index (κ3) is 5.83. The predicted molar refractivity (Wildman–Crippen MR) is 73.6 cm³/mol. The molecule has 1 rings (SSSR count). The standard InChI is InChI=1S/C14H28N2O2/c1-4-5-13(2)12-16-10-8-15(9-11-16)7-6-14(17)18-3/h13H,4-12H2,1-3H3. The van der Waals surface area contributed by atoms with Gasteiger partial charge in [-0.05, 0) is 12.3 Å². The van der Waals surface area contributed by atoms with Crippen LogP contribution < -0.4 is 0 Å². The molecule has 1 fully saturated rings. The fourth-order valence-corrected chi connectivity index (χ4v) is 2.57. The molecule has 4 heteroatoms. The van der Waals surface area contributed by atoms with Gasteiger partial charge in [0.2, 0.25) is 0 Å². The van der Waals surface area contributed by atoms with Crippen molar-refractivity contribution in [3.63, 3.8) is 0 Å². The Kier molecular flexibility index (Phi) is 7.28. The van der Waals surface area contributed by atoms with Crippen molar-refractivity contribution < 1.29 is 9.53 Å². The first kappa shape index (κ1) is 15.4. The molecule has 0 amide bonds. The molecule has 0 aromatic rings. The molecule has 0 aliphatic carbocycles. The van der Waals surface area contributed by atoms with Crippen molar-refractivity contribution in [1.29, 1.82) is 0 Å². The summed E-state index contributed by atoms with van der Waals surface area (Å²) in [4.78, 5) is 16.0. The van der Waals surface area contributed by atoms with Crippen LogP contribution >= 0.6 is 0 Å². The maximum Gasteiger partial charge on any atom is 0.306 e. The van der Waals surface area contributed by atoms with Crippen LogP contribution in [0.4, 0.5) is 0 Å². The van der Waals surface area contributed by atoms with E-state index in [0.29, 0.717) is 6.42 Å². The quantitative estimate of drug-likeness (QED) is 0.648. The molecule has 0 spiro atoms. The summed E-state index contributed by atoms with van der Waals surface area (Å²) in [5, 5.41) is 0. The van der Waals surface area contributed by atoms with Gasteiger partial charge in [-0.1, -0.05) is 20.3 Å². The number of carbonyl (C=O) groups excluding carboxylic acids is 1. The molecule has 1 heterocycles. The molecule has 18 heavy (non-hydrogen) atoms. The van der Waals surface area contributed by atoms with Crippen molar-refractivity contribution in [3.05, 3.63) is 0 Å². The highest BCUT2D eigenvalue weighted by Crippen LogP contribution is 2.10. The summed E-state index contributed by atoms with van der Waals surface area (Å²) in [6, 6.07) is 0. The van der Waals surface area contributed by atoms with Gasteiger partial charge in [-0.25, -0.2) is 0 Å². The normalized spacial score (nSPS) is 19.7. The maximum absolute atomic E-state index is 11.1. The Morgan fingerprint density at radius 2 is 1.83 bits per heavy atom. The van der Waals surface area contributed by atoms with Crippen molar-refractivity contribution in [2.75, 3.05) is 46.4 Å². The number of carbonyl (C=O) groups is 1. The van der Waals surface area contributed by atoms with Crippen LogP contribution in [0.15, 0.2) is 0 Å². The summed E-state index contributed by atoms with van der Waals surface area (Å²) in [6.45, 7) is 11.1. The molecule has 4 nitrogen and oxygen atoms in total. The molecule has 0 radical (unpaired) electrons. The van der Waals surface area contributed by atoms with Crippen LogP contribution in [0.1, 0.15) is 33.1 Å². The monoisotopic (exact) mass is 256 g/mol. The number of esters is 1. The van der Waals surface area contributed by atoms with Crippen LogP contribution in [0, 0.1) is 5.92 Å². The van der Waals surface area contributed by atoms with E-state index in [1.165, 1.54) is 26.5 Å². The van der Waals surface area contributed by atoms with E-state index in [1.54, 1.807) is 0 Å². The minimum absolute atomic E-state index is 0.103. The third-order valence-electron chi connectivity index (χ3n) is 3.68. The first-order chi connectivity index (χ1) is 8.65. The van der Waals surface area contributed by atoms with Crippen LogP contribution in [0.2, 0.25) is 0 Å². The number of rotatable bonds is 7. The highest BCUT2D eigenvalue weighted by atomic mass is 16.5. The van der Waals surface area contributed by atoms with Crippen LogP contribution in [0.3, 0.4) is 0 Å². The number of piperazine rings is 1. The topological polar surface area (TPSA) is 32.8 Å². The molecule has 0 aromatic carbocycles. The van der Waals surface area contributed by atoms with Gasteiger partial charge in [-0.2, -0.15) is 0 Å². The van der Waals surface area contributed by atoms with Gasteiger partial charge in [-0.15, -0.1) is 0 Å². The van der Waals surface area contributed by atoms with Gasteiger partial charge in [0.05, 0.1) is 13.5 Å². The number of nitrogens with zero attached hydrogens (tertiary/aromatic N) is 2. The molecule has 1 unspecified atom stereocenters. The zero-order valence-corrected chi connectivity index (χ0v) is 12.2. The van der Waals surface area contributed by atoms with E-state index in [4.69, 9.17) is 0 Å². The van der Waals surface area contributed by atoms with Gasteiger partial charge in [0.25, 0.3) is 0 Å². The molecule has 0 bridgehead atoms. The predicted octanol–water partition coefficient (Wildman–Crippen LogP) is 1.60. The van der Waals surface area contributed by atoms with E-state index < -0.39 is 0 Å². The number of hydrogen-bond donors (Lipinski definition) is 0. The molecule has 0 N–H and O–H groups in total. The lowest BCUT2D eigenvalue weighted by atomic mass is 10.1. The molecule has 0 aromatic heterocycles. The molecular weight excluding hydrogens is 228 g/mol. The third-order valence-corrected chi connectivity index (χ3v) is 3.68. The van der Waals surface area contributed by atoms with Crippen LogP contribution in [0.25, 0.3) is 0 Å².